The zero-order chi connectivity index (χ0) is 22.2. The van der Waals surface area contributed by atoms with Crippen molar-refractivity contribution in [3.8, 4) is 11.5 Å². The number of hydrogen-bond acceptors (Lipinski definition) is 8. The number of benzene rings is 2. The minimum Gasteiger partial charge on any atom is -0.495 e. The Bertz CT molecular complexity index is 1060. The molecule has 0 spiro atoms. The van der Waals surface area contributed by atoms with Crippen molar-refractivity contribution in [1.29, 1.82) is 0 Å². The van der Waals surface area contributed by atoms with Crippen LogP contribution in [0.4, 0.5) is 10.8 Å². The minimum absolute atomic E-state index is 0.108. The highest BCUT2D eigenvalue weighted by atomic mass is 35.5. The summed E-state index contributed by atoms with van der Waals surface area (Å²) in [7, 11) is 1.51. The molecule has 0 radical (unpaired) electrons. The molecule has 0 atom stereocenters. The first-order chi connectivity index (χ1) is 15.0. The Labute approximate surface area is 192 Å². The van der Waals surface area contributed by atoms with Crippen molar-refractivity contribution in [2.45, 2.75) is 11.3 Å². The lowest BCUT2D eigenvalue weighted by Crippen LogP contribution is -2.14. The first-order valence-electron chi connectivity index (χ1n) is 9.12. The van der Waals surface area contributed by atoms with Gasteiger partial charge in [0.2, 0.25) is 11.0 Å². The Morgan fingerprint density at radius 2 is 1.90 bits per heavy atom. The highest BCUT2D eigenvalue weighted by molar-refractivity contribution is 8.01. The number of nitrogens with zero attached hydrogens (tertiary/aromatic N) is 2. The standard InChI is InChI=1S/C20H19ClN4O4S2/c1-3-29-14-7-4-12(5-8-14)18(27)23-19-24-25-20(31-19)30-11-17(26)22-15-10-13(21)6-9-16(15)28-2/h4-10H,3,11H2,1-2H3,(H,22,26)(H,23,24,27). The van der Waals surface area contributed by atoms with Gasteiger partial charge in [-0.2, -0.15) is 0 Å². The molecule has 2 N–H and O–H groups in total. The molecule has 2 aromatic carbocycles. The van der Waals surface area contributed by atoms with Gasteiger partial charge in [0.1, 0.15) is 11.5 Å². The number of ether oxygens (including phenoxy) is 2. The number of halogens is 1. The highest BCUT2D eigenvalue weighted by Gasteiger charge is 2.13. The fraction of sp³-hybridized carbons (Fsp3) is 0.200. The molecule has 0 fully saturated rings. The second-order valence-corrected chi connectivity index (χ2v) is 8.60. The number of rotatable bonds is 9. The molecule has 0 saturated carbocycles. The average molecular weight is 479 g/mol. The number of thioether (sulfide) groups is 1. The van der Waals surface area contributed by atoms with E-state index in [2.05, 4.69) is 20.8 Å². The molecule has 0 bridgehead atoms. The van der Waals surface area contributed by atoms with Gasteiger partial charge in [-0.25, -0.2) is 0 Å². The molecule has 11 heteroatoms. The largest absolute Gasteiger partial charge is 0.495 e. The van der Waals surface area contributed by atoms with Crippen LogP contribution in [0.1, 0.15) is 17.3 Å². The van der Waals surface area contributed by atoms with Crippen LogP contribution in [-0.4, -0.2) is 41.5 Å². The smallest absolute Gasteiger partial charge is 0.257 e. The van der Waals surface area contributed by atoms with Crippen LogP contribution in [0.5, 0.6) is 11.5 Å². The van der Waals surface area contributed by atoms with E-state index in [0.29, 0.717) is 43.9 Å². The summed E-state index contributed by atoms with van der Waals surface area (Å²) in [5.74, 6) is 0.763. The molecule has 0 aliphatic rings. The number of anilines is 2. The van der Waals surface area contributed by atoms with Gasteiger partial charge in [-0.05, 0) is 49.4 Å². The van der Waals surface area contributed by atoms with Crippen LogP contribution in [-0.2, 0) is 4.79 Å². The van der Waals surface area contributed by atoms with Gasteiger partial charge in [-0.15, -0.1) is 10.2 Å². The Kier molecular flexibility index (Phi) is 8.10. The third-order valence-electron chi connectivity index (χ3n) is 3.82. The van der Waals surface area contributed by atoms with Gasteiger partial charge >= 0.3 is 0 Å². The molecule has 162 valence electrons. The highest BCUT2D eigenvalue weighted by Crippen LogP contribution is 2.29. The third-order valence-corrected chi connectivity index (χ3v) is 6.02. The molecule has 2 amide bonds. The van der Waals surface area contributed by atoms with E-state index in [-0.39, 0.29) is 17.6 Å². The van der Waals surface area contributed by atoms with E-state index in [1.165, 1.54) is 30.2 Å². The molecule has 1 heterocycles. The number of nitrogens with one attached hydrogen (secondary N) is 2. The van der Waals surface area contributed by atoms with Crippen molar-refractivity contribution in [1.82, 2.24) is 10.2 Å². The van der Waals surface area contributed by atoms with Gasteiger partial charge < -0.3 is 14.8 Å². The van der Waals surface area contributed by atoms with Crippen LogP contribution in [0.2, 0.25) is 5.02 Å². The summed E-state index contributed by atoms with van der Waals surface area (Å²) in [4.78, 5) is 24.6. The zero-order valence-electron chi connectivity index (χ0n) is 16.7. The molecular formula is C20H19ClN4O4S2. The van der Waals surface area contributed by atoms with Crippen molar-refractivity contribution >= 4 is 57.3 Å². The van der Waals surface area contributed by atoms with E-state index < -0.39 is 0 Å². The monoisotopic (exact) mass is 478 g/mol. The molecule has 0 aliphatic heterocycles. The van der Waals surface area contributed by atoms with Crippen LogP contribution < -0.4 is 20.1 Å². The summed E-state index contributed by atoms with van der Waals surface area (Å²) in [5, 5.41) is 14.2. The fourth-order valence-electron chi connectivity index (χ4n) is 2.45. The first kappa shape index (κ1) is 22.9. The van der Waals surface area contributed by atoms with Crippen molar-refractivity contribution in [3.63, 3.8) is 0 Å². The first-order valence-corrected chi connectivity index (χ1v) is 11.3. The van der Waals surface area contributed by atoms with Gasteiger partial charge in [-0.1, -0.05) is 34.7 Å². The van der Waals surface area contributed by atoms with E-state index in [1.807, 2.05) is 6.92 Å². The van der Waals surface area contributed by atoms with Crippen molar-refractivity contribution in [2.24, 2.45) is 0 Å². The zero-order valence-corrected chi connectivity index (χ0v) is 19.1. The second kappa shape index (κ2) is 11.0. The predicted molar refractivity (Wildman–Crippen MR) is 123 cm³/mol. The van der Waals surface area contributed by atoms with Gasteiger partial charge in [-0.3, -0.25) is 14.9 Å². The summed E-state index contributed by atoms with van der Waals surface area (Å²) in [6.45, 7) is 2.45. The summed E-state index contributed by atoms with van der Waals surface area (Å²) in [6, 6.07) is 11.8. The normalized spacial score (nSPS) is 10.4. The predicted octanol–water partition coefficient (Wildman–Crippen LogP) is 4.58. The van der Waals surface area contributed by atoms with Crippen molar-refractivity contribution in [2.75, 3.05) is 30.1 Å². The lowest BCUT2D eigenvalue weighted by atomic mass is 10.2. The second-order valence-electron chi connectivity index (χ2n) is 5.97. The average Bonchev–Trinajstić information content (AvgIpc) is 3.20. The van der Waals surface area contributed by atoms with E-state index >= 15 is 0 Å². The summed E-state index contributed by atoms with van der Waals surface area (Å²) in [5.41, 5.74) is 0.962. The summed E-state index contributed by atoms with van der Waals surface area (Å²) in [6.07, 6.45) is 0. The number of carbonyl (C=O) groups is 2. The molecule has 3 rings (SSSR count). The minimum atomic E-state index is -0.304. The number of carbonyl (C=O) groups excluding carboxylic acids is 2. The van der Waals surface area contributed by atoms with E-state index in [9.17, 15) is 9.59 Å². The lowest BCUT2D eigenvalue weighted by molar-refractivity contribution is -0.113. The molecule has 8 nitrogen and oxygen atoms in total. The summed E-state index contributed by atoms with van der Waals surface area (Å²) >= 11 is 8.36. The maximum Gasteiger partial charge on any atom is 0.257 e. The van der Waals surface area contributed by atoms with Crippen LogP contribution in [0, 0.1) is 0 Å². The van der Waals surface area contributed by atoms with Crippen LogP contribution in [0.15, 0.2) is 46.8 Å². The maximum atomic E-state index is 12.3. The lowest BCUT2D eigenvalue weighted by Gasteiger charge is -2.09. The van der Waals surface area contributed by atoms with Crippen LogP contribution >= 0.6 is 34.7 Å². The Morgan fingerprint density at radius 3 is 2.61 bits per heavy atom. The van der Waals surface area contributed by atoms with Crippen LogP contribution in [0.25, 0.3) is 0 Å². The number of methoxy groups -OCH3 is 1. The number of amides is 2. The number of aromatic nitrogens is 2. The molecule has 0 unspecified atom stereocenters. The Morgan fingerprint density at radius 1 is 1.13 bits per heavy atom. The Balaban J connectivity index is 1.52. The van der Waals surface area contributed by atoms with E-state index in [0.717, 1.165) is 0 Å². The maximum absolute atomic E-state index is 12.3. The molecular weight excluding hydrogens is 460 g/mol. The molecule has 31 heavy (non-hydrogen) atoms. The van der Waals surface area contributed by atoms with Gasteiger partial charge in [0, 0.05) is 10.6 Å². The van der Waals surface area contributed by atoms with Gasteiger partial charge in [0.05, 0.1) is 25.2 Å². The van der Waals surface area contributed by atoms with Crippen molar-refractivity contribution in [3.05, 3.63) is 53.1 Å². The SMILES string of the molecule is CCOc1ccc(C(=O)Nc2nnc(SCC(=O)Nc3cc(Cl)ccc3OC)s2)cc1. The van der Waals surface area contributed by atoms with Crippen molar-refractivity contribution < 1.29 is 19.1 Å². The van der Waals surface area contributed by atoms with E-state index in [1.54, 1.807) is 42.5 Å². The van der Waals surface area contributed by atoms with Gasteiger partial charge in [0.15, 0.2) is 4.34 Å². The topological polar surface area (TPSA) is 102 Å². The summed E-state index contributed by atoms with van der Waals surface area (Å²) < 4.78 is 11.1. The third kappa shape index (κ3) is 6.58. The molecule has 0 aliphatic carbocycles. The number of hydrogen-bond donors (Lipinski definition) is 2. The van der Waals surface area contributed by atoms with Gasteiger partial charge in [0.25, 0.3) is 5.91 Å². The Hall–Kier alpha value is -2.82. The molecule has 3 aromatic rings. The quantitative estimate of drug-likeness (QED) is 0.342. The van der Waals surface area contributed by atoms with Crippen LogP contribution in [0.3, 0.4) is 0 Å². The molecule has 0 saturated heterocycles. The van der Waals surface area contributed by atoms with E-state index in [4.69, 9.17) is 21.1 Å². The molecule has 1 aromatic heterocycles. The fourth-order valence-corrected chi connectivity index (χ4v) is 4.17.